The number of anilines is 1. The lowest BCUT2D eigenvalue weighted by atomic mass is 9.99. The summed E-state index contributed by atoms with van der Waals surface area (Å²) < 4.78 is 1.81. The third kappa shape index (κ3) is 3.58. The molecule has 1 aliphatic heterocycles. The summed E-state index contributed by atoms with van der Waals surface area (Å²) in [6.45, 7) is 5.58. The van der Waals surface area contributed by atoms with Gasteiger partial charge < -0.3 is 4.90 Å². The van der Waals surface area contributed by atoms with Gasteiger partial charge in [-0.15, -0.1) is 5.10 Å². The Bertz CT molecular complexity index is 1100. The zero-order valence-corrected chi connectivity index (χ0v) is 18.0. The number of aryl methyl sites for hydroxylation is 1. The first-order chi connectivity index (χ1) is 14.3. The number of aromatic nitrogens is 3. The maximum Gasteiger partial charge on any atom is 0.240 e. The second-order valence-corrected chi connectivity index (χ2v) is 7.89. The Labute approximate surface area is 176 Å². The van der Waals surface area contributed by atoms with E-state index in [0.29, 0.717) is 6.42 Å². The van der Waals surface area contributed by atoms with Crippen LogP contribution in [0.2, 0.25) is 0 Å². The fourth-order valence-corrected chi connectivity index (χ4v) is 3.72. The van der Waals surface area contributed by atoms with E-state index in [0.717, 1.165) is 34.0 Å². The SMILES string of the molecule is CC(=O)N1N=C(c2nnn(-c3ccc(C)cc3)c2C)CC1c1ccc(N(C)C)cc1. The minimum atomic E-state index is -0.141. The lowest BCUT2D eigenvalue weighted by Gasteiger charge is -2.21. The Balaban J connectivity index is 1.65. The zero-order chi connectivity index (χ0) is 21.4. The lowest BCUT2D eigenvalue weighted by Crippen LogP contribution is -2.24. The number of benzene rings is 2. The monoisotopic (exact) mass is 402 g/mol. The van der Waals surface area contributed by atoms with E-state index in [4.69, 9.17) is 0 Å². The molecule has 1 aromatic heterocycles. The largest absolute Gasteiger partial charge is 0.378 e. The number of carbonyl (C=O) groups excluding carboxylic acids is 1. The molecule has 0 aliphatic carbocycles. The van der Waals surface area contributed by atoms with Crippen LogP contribution in [0, 0.1) is 13.8 Å². The number of nitrogens with zero attached hydrogens (tertiary/aromatic N) is 6. The number of amides is 1. The lowest BCUT2D eigenvalue weighted by molar-refractivity contribution is -0.130. The fourth-order valence-electron chi connectivity index (χ4n) is 3.72. The highest BCUT2D eigenvalue weighted by Gasteiger charge is 2.33. The van der Waals surface area contributed by atoms with Crippen molar-refractivity contribution in [3.05, 3.63) is 71.0 Å². The molecular weight excluding hydrogens is 376 g/mol. The molecule has 0 fully saturated rings. The average molecular weight is 403 g/mol. The van der Waals surface area contributed by atoms with Crippen molar-refractivity contribution in [1.82, 2.24) is 20.0 Å². The van der Waals surface area contributed by atoms with Gasteiger partial charge >= 0.3 is 0 Å². The normalized spacial score (nSPS) is 16.0. The number of hydrogen-bond donors (Lipinski definition) is 0. The van der Waals surface area contributed by atoms with Crippen LogP contribution >= 0.6 is 0 Å². The summed E-state index contributed by atoms with van der Waals surface area (Å²) in [5.41, 5.74) is 6.73. The molecule has 4 rings (SSSR count). The summed E-state index contributed by atoms with van der Waals surface area (Å²) >= 11 is 0. The highest BCUT2D eigenvalue weighted by molar-refractivity contribution is 6.02. The van der Waals surface area contributed by atoms with Crippen molar-refractivity contribution < 1.29 is 4.79 Å². The predicted octanol–water partition coefficient (Wildman–Crippen LogP) is 3.65. The van der Waals surface area contributed by atoms with Crippen molar-refractivity contribution in [3.8, 4) is 5.69 Å². The van der Waals surface area contributed by atoms with Gasteiger partial charge in [-0.1, -0.05) is 35.0 Å². The van der Waals surface area contributed by atoms with Crippen molar-refractivity contribution in [1.29, 1.82) is 0 Å². The summed E-state index contributed by atoms with van der Waals surface area (Å²) in [7, 11) is 4.02. The van der Waals surface area contributed by atoms with Crippen LogP contribution in [-0.2, 0) is 4.79 Å². The summed E-state index contributed by atoms with van der Waals surface area (Å²) in [4.78, 5) is 14.3. The van der Waals surface area contributed by atoms with E-state index in [2.05, 4.69) is 51.5 Å². The number of hydrazone groups is 1. The van der Waals surface area contributed by atoms with Gasteiger partial charge in [0.2, 0.25) is 5.91 Å². The van der Waals surface area contributed by atoms with Gasteiger partial charge in [-0.25, -0.2) is 9.69 Å². The Morgan fingerprint density at radius 1 is 1.03 bits per heavy atom. The van der Waals surface area contributed by atoms with Crippen LogP contribution in [0.25, 0.3) is 5.69 Å². The second kappa shape index (κ2) is 7.74. The topological polar surface area (TPSA) is 66.6 Å². The molecule has 3 aromatic rings. The van der Waals surface area contributed by atoms with Crippen LogP contribution in [0.15, 0.2) is 53.6 Å². The van der Waals surface area contributed by atoms with Crippen molar-refractivity contribution in [2.45, 2.75) is 33.2 Å². The van der Waals surface area contributed by atoms with Crippen LogP contribution in [0.4, 0.5) is 5.69 Å². The molecule has 2 aromatic carbocycles. The van der Waals surface area contributed by atoms with E-state index in [-0.39, 0.29) is 11.9 Å². The first kappa shape index (κ1) is 19.8. The molecule has 7 nitrogen and oxygen atoms in total. The Hall–Kier alpha value is -3.48. The van der Waals surface area contributed by atoms with Crippen LogP contribution in [0.3, 0.4) is 0 Å². The maximum absolute atomic E-state index is 12.3. The molecule has 0 bridgehead atoms. The quantitative estimate of drug-likeness (QED) is 0.668. The van der Waals surface area contributed by atoms with E-state index in [1.807, 2.05) is 50.0 Å². The minimum absolute atomic E-state index is 0.0877. The van der Waals surface area contributed by atoms with E-state index in [1.165, 1.54) is 5.56 Å². The molecular formula is C23H26N6O. The Kier molecular flexibility index (Phi) is 5.11. The molecule has 0 N–H and O–H groups in total. The first-order valence-electron chi connectivity index (χ1n) is 9.99. The molecule has 154 valence electrons. The molecule has 1 amide bonds. The predicted molar refractivity (Wildman–Crippen MR) is 118 cm³/mol. The van der Waals surface area contributed by atoms with Gasteiger partial charge in [-0.3, -0.25) is 4.79 Å². The highest BCUT2D eigenvalue weighted by atomic mass is 16.2. The van der Waals surface area contributed by atoms with Crippen molar-refractivity contribution in [2.75, 3.05) is 19.0 Å². The summed E-state index contributed by atoms with van der Waals surface area (Å²) in [5.74, 6) is -0.0877. The molecule has 1 atom stereocenters. The zero-order valence-electron chi connectivity index (χ0n) is 18.0. The molecule has 2 heterocycles. The van der Waals surface area contributed by atoms with Crippen molar-refractivity contribution >= 4 is 17.3 Å². The minimum Gasteiger partial charge on any atom is -0.378 e. The van der Waals surface area contributed by atoms with Crippen LogP contribution in [0.5, 0.6) is 0 Å². The molecule has 1 unspecified atom stereocenters. The third-order valence-electron chi connectivity index (χ3n) is 5.47. The Morgan fingerprint density at radius 3 is 2.30 bits per heavy atom. The van der Waals surface area contributed by atoms with Crippen LogP contribution in [-0.4, -0.2) is 45.7 Å². The second-order valence-electron chi connectivity index (χ2n) is 7.89. The van der Waals surface area contributed by atoms with Gasteiger partial charge in [0.1, 0.15) is 5.69 Å². The Morgan fingerprint density at radius 2 is 1.70 bits per heavy atom. The van der Waals surface area contributed by atoms with E-state index >= 15 is 0 Å². The fraction of sp³-hybridized carbons (Fsp3) is 0.304. The number of rotatable bonds is 4. The van der Waals surface area contributed by atoms with Crippen molar-refractivity contribution in [2.24, 2.45) is 5.10 Å². The van der Waals surface area contributed by atoms with Crippen LogP contribution in [0.1, 0.15) is 41.9 Å². The molecule has 0 radical (unpaired) electrons. The standard InChI is InChI=1S/C23H26N6O/c1-15-6-10-20(11-7-15)28-16(2)23(24-26-28)21-14-22(29(25-21)17(3)30)18-8-12-19(13-9-18)27(4)5/h6-13,22H,14H2,1-5H3. The van der Waals surface area contributed by atoms with Gasteiger partial charge in [-0.2, -0.15) is 5.10 Å². The van der Waals surface area contributed by atoms with E-state index in [1.54, 1.807) is 11.9 Å². The number of carbonyl (C=O) groups is 1. The van der Waals surface area contributed by atoms with Crippen LogP contribution < -0.4 is 4.90 Å². The average Bonchev–Trinajstić information content (AvgIpc) is 3.33. The smallest absolute Gasteiger partial charge is 0.240 e. The first-order valence-corrected chi connectivity index (χ1v) is 9.99. The van der Waals surface area contributed by atoms with Gasteiger partial charge in [0.05, 0.1) is 23.1 Å². The summed E-state index contributed by atoms with van der Waals surface area (Å²) in [6, 6.07) is 16.2. The molecule has 7 heteroatoms. The van der Waals surface area contributed by atoms with Gasteiger partial charge in [-0.05, 0) is 43.7 Å². The highest BCUT2D eigenvalue weighted by Crippen LogP contribution is 2.34. The molecule has 30 heavy (non-hydrogen) atoms. The van der Waals surface area contributed by atoms with Crippen molar-refractivity contribution in [3.63, 3.8) is 0 Å². The molecule has 0 spiro atoms. The molecule has 1 aliphatic rings. The molecule has 0 saturated heterocycles. The maximum atomic E-state index is 12.3. The summed E-state index contributed by atoms with van der Waals surface area (Å²) in [6.07, 6.45) is 0.605. The molecule has 0 saturated carbocycles. The van der Waals surface area contributed by atoms with E-state index < -0.39 is 0 Å². The number of hydrogen-bond acceptors (Lipinski definition) is 5. The van der Waals surface area contributed by atoms with Gasteiger partial charge in [0.15, 0.2) is 0 Å². The van der Waals surface area contributed by atoms with Gasteiger partial charge in [0, 0.05) is 33.1 Å². The summed E-state index contributed by atoms with van der Waals surface area (Å²) in [5, 5.41) is 14.9. The van der Waals surface area contributed by atoms with Gasteiger partial charge in [0.25, 0.3) is 0 Å². The van der Waals surface area contributed by atoms with E-state index in [9.17, 15) is 4.79 Å². The third-order valence-corrected chi connectivity index (χ3v) is 5.47.